The Bertz CT molecular complexity index is 608. The van der Waals surface area contributed by atoms with Crippen molar-refractivity contribution in [3.63, 3.8) is 0 Å². The highest BCUT2D eigenvalue weighted by Gasteiger charge is 2.13. The lowest BCUT2D eigenvalue weighted by atomic mass is 10.0. The number of carbonyl (C=O) groups is 1. The van der Waals surface area contributed by atoms with Gasteiger partial charge in [-0.1, -0.05) is 36.7 Å². The van der Waals surface area contributed by atoms with Gasteiger partial charge in [-0.15, -0.1) is 0 Å². The van der Waals surface area contributed by atoms with Crippen LogP contribution in [0.1, 0.15) is 35.4 Å². The Hall–Kier alpha value is -2.00. The number of esters is 1. The van der Waals surface area contributed by atoms with Gasteiger partial charge in [0.25, 0.3) is 0 Å². The number of hydrogen-bond acceptors (Lipinski definition) is 3. The topological polar surface area (TPSA) is 35.5 Å². The molecule has 0 aliphatic rings. The van der Waals surface area contributed by atoms with Crippen molar-refractivity contribution in [1.82, 2.24) is 0 Å². The number of methoxy groups -OCH3 is 1. The standard InChI is InChI=1S/C17H17ClO3/c1-3-16(21-15-6-4-5-14(18)11-15)12-7-9-13(10-8-12)17(19)20-2/h4-11,16H,3H2,1-2H3. The van der Waals surface area contributed by atoms with Crippen LogP contribution in [0.25, 0.3) is 0 Å². The number of rotatable bonds is 5. The highest BCUT2D eigenvalue weighted by Crippen LogP contribution is 2.26. The molecule has 0 amide bonds. The van der Waals surface area contributed by atoms with Crippen LogP contribution < -0.4 is 4.74 Å². The average molecular weight is 305 g/mol. The van der Waals surface area contributed by atoms with Gasteiger partial charge in [-0.3, -0.25) is 0 Å². The number of halogens is 1. The molecular weight excluding hydrogens is 288 g/mol. The first-order chi connectivity index (χ1) is 10.1. The van der Waals surface area contributed by atoms with E-state index in [9.17, 15) is 4.79 Å². The molecule has 0 fully saturated rings. The van der Waals surface area contributed by atoms with Crippen molar-refractivity contribution in [2.45, 2.75) is 19.4 Å². The van der Waals surface area contributed by atoms with Crippen molar-refractivity contribution in [3.8, 4) is 5.75 Å². The van der Waals surface area contributed by atoms with Crippen LogP contribution in [-0.2, 0) is 4.74 Å². The van der Waals surface area contributed by atoms with Gasteiger partial charge in [0.1, 0.15) is 11.9 Å². The summed E-state index contributed by atoms with van der Waals surface area (Å²) in [5.41, 5.74) is 1.53. The second-order valence-corrected chi connectivity index (χ2v) is 5.02. The van der Waals surface area contributed by atoms with E-state index in [1.807, 2.05) is 31.2 Å². The van der Waals surface area contributed by atoms with Gasteiger partial charge in [-0.25, -0.2) is 4.79 Å². The van der Waals surface area contributed by atoms with Crippen LogP contribution in [0, 0.1) is 0 Å². The Balaban J connectivity index is 2.15. The van der Waals surface area contributed by atoms with E-state index >= 15 is 0 Å². The summed E-state index contributed by atoms with van der Waals surface area (Å²) in [5.74, 6) is 0.386. The number of carbonyl (C=O) groups excluding carboxylic acids is 1. The molecule has 0 aliphatic heterocycles. The first-order valence-electron chi connectivity index (χ1n) is 6.74. The fourth-order valence-corrected chi connectivity index (χ4v) is 2.22. The van der Waals surface area contributed by atoms with Crippen molar-refractivity contribution in [2.75, 3.05) is 7.11 Å². The maximum atomic E-state index is 11.4. The lowest BCUT2D eigenvalue weighted by Gasteiger charge is -2.18. The van der Waals surface area contributed by atoms with Gasteiger partial charge in [0.05, 0.1) is 12.7 Å². The van der Waals surface area contributed by atoms with E-state index in [0.29, 0.717) is 10.6 Å². The highest BCUT2D eigenvalue weighted by atomic mass is 35.5. The van der Waals surface area contributed by atoms with Crippen molar-refractivity contribution < 1.29 is 14.3 Å². The summed E-state index contributed by atoms with van der Waals surface area (Å²) in [6, 6.07) is 14.6. The minimum Gasteiger partial charge on any atom is -0.486 e. The largest absolute Gasteiger partial charge is 0.486 e. The summed E-state index contributed by atoms with van der Waals surface area (Å²) in [7, 11) is 1.37. The van der Waals surface area contributed by atoms with E-state index in [4.69, 9.17) is 16.3 Å². The van der Waals surface area contributed by atoms with E-state index in [1.54, 1.807) is 24.3 Å². The predicted molar refractivity (Wildman–Crippen MR) is 82.9 cm³/mol. The third-order valence-corrected chi connectivity index (χ3v) is 3.38. The minimum absolute atomic E-state index is 0.0878. The molecule has 1 unspecified atom stereocenters. The molecule has 0 aliphatic carbocycles. The smallest absolute Gasteiger partial charge is 0.337 e. The SMILES string of the molecule is CCC(Oc1cccc(Cl)c1)c1ccc(C(=O)OC)cc1. The lowest BCUT2D eigenvalue weighted by Crippen LogP contribution is -2.07. The van der Waals surface area contributed by atoms with Gasteiger partial charge >= 0.3 is 5.97 Å². The molecule has 2 aromatic carbocycles. The Morgan fingerprint density at radius 1 is 1.19 bits per heavy atom. The zero-order valence-corrected chi connectivity index (χ0v) is 12.8. The summed E-state index contributed by atoms with van der Waals surface area (Å²) in [5, 5.41) is 0.642. The summed E-state index contributed by atoms with van der Waals surface area (Å²) in [6.45, 7) is 2.05. The summed E-state index contributed by atoms with van der Waals surface area (Å²) >= 11 is 5.96. The number of hydrogen-bond donors (Lipinski definition) is 0. The molecule has 0 radical (unpaired) electrons. The van der Waals surface area contributed by atoms with Gasteiger partial charge in [0.15, 0.2) is 0 Å². The quantitative estimate of drug-likeness (QED) is 0.754. The van der Waals surface area contributed by atoms with Crippen molar-refractivity contribution in [1.29, 1.82) is 0 Å². The zero-order valence-electron chi connectivity index (χ0n) is 12.0. The highest BCUT2D eigenvalue weighted by molar-refractivity contribution is 6.30. The maximum Gasteiger partial charge on any atom is 0.337 e. The zero-order chi connectivity index (χ0) is 15.2. The number of benzene rings is 2. The van der Waals surface area contributed by atoms with Gasteiger partial charge in [-0.05, 0) is 42.3 Å². The molecular formula is C17H17ClO3. The molecule has 0 bridgehead atoms. The molecule has 1 atom stereocenters. The molecule has 0 spiro atoms. The fraction of sp³-hybridized carbons (Fsp3) is 0.235. The van der Waals surface area contributed by atoms with Crippen molar-refractivity contribution in [2.24, 2.45) is 0 Å². The number of ether oxygens (including phenoxy) is 2. The Morgan fingerprint density at radius 3 is 2.48 bits per heavy atom. The van der Waals surface area contributed by atoms with Crippen LogP contribution in [0.15, 0.2) is 48.5 Å². The lowest BCUT2D eigenvalue weighted by molar-refractivity contribution is 0.0600. The third-order valence-electron chi connectivity index (χ3n) is 3.15. The Labute approximate surface area is 129 Å². The van der Waals surface area contributed by atoms with E-state index in [-0.39, 0.29) is 12.1 Å². The first-order valence-corrected chi connectivity index (χ1v) is 7.12. The first kappa shape index (κ1) is 15.4. The van der Waals surface area contributed by atoms with Crippen LogP contribution in [0.3, 0.4) is 0 Å². The van der Waals surface area contributed by atoms with E-state index < -0.39 is 0 Å². The van der Waals surface area contributed by atoms with Crippen LogP contribution >= 0.6 is 11.6 Å². The maximum absolute atomic E-state index is 11.4. The van der Waals surface area contributed by atoms with Crippen LogP contribution in [-0.4, -0.2) is 13.1 Å². The summed E-state index contributed by atoms with van der Waals surface area (Å²) in [6.07, 6.45) is 0.722. The monoisotopic (exact) mass is 304 g/mol. The molecule has 2 aromatic rings. The van der Waals surface area contributed by atoms with Crippen molar-refractivity contribution in [3.05, 3.63) is 64.7 Å². The van der Waals surface area contributed by atoms with Crippen LogP contribution in [0.5, 0.6) is 5.75 Å². The van der Waals surface area contributed by atoms with E-state index in [0.717, 1.165) is 17.7 Å². The molecule has 0 heterocycles. The summed E-state index contributed by atoms with van der Waals surface area (Å²) < 4.78 is 10.6. The predicted octanol–water partition coefficient (Wildman–Crippen LogP) is 4.66. The van der Waals surface area contributed by atoms with Crippen LogP contribution in [0.2, 0.25) is 5.02 Å². The van der Waals surface area contributed by atoms with Gasteiger partial charge in [-0.2, -0.15) is 0 Å². The van der Waals surface area contributed by atoms with Crippen molar-refractivity contribution >= 4 is 17.6 Å². The molecule has 0 aromatic heterocycles. The fourth-order valence-electron chi connectivity index (χ4n) is 2.04. The molecule has 3 nitrogen and oxygen atoms in total. The van der Waals surface area contributed by atoms with Gasteiger partial charge in [0, 0.05) is 5.02 Å². The minimum atomic E-state index is -0.342. The molecule has 4 heteroatoms. The molecule has 2 rings (SSSR count). The Morgan fingerprint density at radius 2 is 1.90 bits per heavy atom. The Kier molecular flexibility index (Phi) is 5.23. The van der Waals surface area contributed by atoms with Gasteiger partial charge in [0.2, 0.25) is 0 Å². The third kappa shape index (κ3) is 3.99. The second-order valence-electron chi connectivity index (χ2n) is 4.59. The summed E-state index contributed by atoms with van der Waals surface area (Å²) in [4.78, 5) is 11.4. The molecule has 0 saturated heterocycles. The van der Waals surface area contributed by atoms with Gasteiger partial charge < -0.3 is 9.47 Å². The molecule has 21 heavy (non-hydrogen) atoms. The van der Waals surface area contributed by atoms with Crippen LogP contribution in [0.4, 0.5) is 0 Å². The average Bonchev–Trinajstić information content (AvgIpc) is 2.52. The molecule has 110 valence electrons. The molecule has 0 saturated carbocycles. The normalized spacial score (nSPS) is 11.8. The van der Waals surface area contributed by atoms with E-state index in [2.05, 4.69) is 4.74 Å². The van der Waals surface area contributed by atoms with E-state index in [1.165, 1.54) is 7.11 Å². The second kappa shape index (κ2) is 7.14. The molecule has 0 N–H and O–H groups in total.